The van der Waals surface area contributed by atoms with Crippen molar-refractivity contribution in [3.63, 3.8) is 0 Å². The predicted molar refractivity (Wildman–Crippen MR) is 173 cm³/mol. The number of anilines is 1. The molecule has 45 heavy (non-hydrogen) atoms. The highest BCUT2D eigenvalue weighted by Crippen LogP contribution is 2.25. The molecule has 2 heterocycles. The molecule has 2 aromatic carbocycles. The molecule has 1 fully saturated rings. The van der Waals surface area contributed by atoms with Crippen molar-refractivity contribution in [2.75, 3.05) is 38.2 Å². The van der Waals surface area contributed by atoms with Gasteiger partial charge in [-0.15, -0.1) is 11.3 Å². The second kappa shape index (κ2) is 14.6. The molecular weight excluding hydrogens is 666 g/mol. The Morgan fingerprint density at radius 1 is 1.07 bits per heavy atom. The van der Waals surface area contributed by atoms with Gasteiger partial charge in [0.25, 0.3) is 11.8 Å². The third kappa shape index (κ3) is 9.28. The van der Waals surface area contributed by atoms with E-state index in [0.717, 1.165) is 5.56 Å². The molecular formula is C31H34BrN5O7S. The van der Waals surface area contributed by atoms with Crippen LogP contribution in [0.5, 0.6) is 5.75 Å². The summed E-state index contributed by atoms with van der Waals surface area (Å²) in [7, 11) is 1.21. The Labute approximate surface area is 273 Å². The summed E-state index contributed by atoms with van der Waals surface area (Å²) in [6, 6.07) is 11.0. The molecule has 1 saturated heterocycles. The first-order valence-corrected chi connectivity index (χ1v) is 15.7. The first kappa shape index (κ1) is 33.5. The van der Waals surface area contributed by atoms with Gasteiger partial charge in [0.1, 0.15) is 17.0 Å². The molecule has 0 spiro atoms. The number of aromatic nitrogens is 1. The Morgan fingerprint density at radius 3 is 2.44 bits per heavy atom. The van der Waals surface area contributed by atoms with Crippen LogP contribution in [0, 0.1) is 0 Å². The number of phenols is 1. The Balaban J connectivity index is 1.39. The topological polar surface area (TPSA) is 150 Å². The summed E-state index contributed by atoms with van der Waals surface area (Å²) in [4.78, 5) is 59.0. The van der Waals surface area contributed by atoms with Crippen molar-refractivity contribution < 1.29 is 33.8 Å². The normalized spacial score (nSPS) is 13.7. The predicted octanol–water partition coefficient (Wildman–Crippen LogP) is 4.54. The van der Waals surface area contributed by atoms with Crippen LogP contribution in [-0.4, -0.2) is 77.8 Å². The Kier molecular flexibility index (Phi) is 10.8. The third-order valence-corrected chi connectivity index (χ3v) is 8.07. The van der Waals surface area contributed by atoms with Crippen LogP contribution in [-0.2, 0) is 20.8 Å². The van der Waals surface area contributed by atoms with Crippen LogP contribution in [0.1, 0.15) is 52.7 Å². The maximum Gasteiger partial charge on any atom is 0.410 e. The summed E-state index contributed by atoms with van der Waals surface area (Å²) in [6.07, 6.45) is 1.08. The minimum absolute atomic E-state index is 0.102. The van der Waals surface area contributed by atoms with E-state index in [2.05, 4.69) is 31.5 Å². The molecule has 3 amide bonds. The number of aromatic hydroxyl groups is 1. The molecule has 12 nitrogen and oxygen atoms in total. The molecule has 238 valence electrons. The first-order valence-electron chi connectivity index (χ1n) is 14.0. The quantitative estimate of drug-likeness (QED) is 0.227. The molecule has 1 aliphatic heterocycles. The number of carbonyl (C=O) groups excluding carboxylic acids is 4. The zero-order valence-electron chi connectivity index (χ0n) is 25.3. The van der Waals surface area contributed by atoms with Crippen LogP contribution in [0.2, 0.25) is 0 Å². The van der Waals surface area contributed by atoms with Crippen molar-refractivity contribution in [3.05, 3.63) is 80.4 Å². The van der Waals surface area contributed by atoms with Crippen molar-refractivity contribution in [2.24, 2.45) is 0 Å². The number of ether oxygens (including phenoxy) is 2. The number of hydrogen-bond donors (Lipinski definition) is 3. The van der Waals surface area contributed by atoms with E-state index < -0.39 is 17.5 Å². The molecule has 1 aromatic heterocycles. The molecule has 3 N–H and O–H groups in total. The second-order valence-corrected chi connectivity index (χ2v) is 12.8. The van der Waals surface area contributed by atoms with Crippen LogP contribution in [0.3, 0.4) is 0 Å². The highest BCUT2D eigenvalue weighted by atomic mass is 79.9. The largest absolute Gasteiger partial charge is 0.508 e. The van der Waals surface area contributed by atoms with E-state index in [-0.39, 0.29) is 35.6 Å². The average Bonchev–Trinajstić information content (AvgIpc) is 3.46. The standard InChI is InChI=1S/C31H34BrN5O7S/c1-31(2,3)44-30(42)37-12-10-36(11-13-37)29-34-21(18-45-29)16-25(28(41)43-4)35-27(40)23-9-8-20(15-24(23)32)26(39)33-17-19-6-5-7-22(38)14-19/h5-9,14-16,18,38H,10-13,17H2,1-4H3,(H,33,39)(H,35,40)/b25-16-. The lowest BCUT2D eigenvalue weighted by atomic mass is 10.1. The Bertz CT molecular complexity index is 1610. The Hall–Kier alpha value is -4.43. The third-order valence-electron chi connectivity index (χ3n) is 6.50. The molecule has 3 aromatic rings. The molecule has 4 rings (SSSR count). The van der Waals surface area contributed by atoms with Crippen molar-refractivity contribution in [1.82, 2.24) is 20.5 Å². The zero-order valence-corrected chi connectivity index (χ0v) is 27.7. The van der Waals surface area contributed by atoms with Gasteiger partial charge in [0.05, 0.1) is 18.4 Å². The average molecular weight is 701 g/mol. The number of nitrogens with zero attached hydrogens (tertiary/aromatic N) is 3. The van der Waals surface area contributed by atoms with Gasteiger partial charge in [0.15, 0.2) is 5.13 Å². The number of piperazine rings is 1. The summed E-state index contributed by atoms with van der Waals surface area (Å²) < 4.78 is 10.7. The molecule has 0 aliphatic carbocycles. The van der Waals surface area contributed by atoms with Gasteiger partial charge in [-0.2, -0.15) is 0 Å². The highest BCUT2D eigenvalue weighted by molar-refractivity contribution is 9.10. The molecule has 0 bridgehead atoms. The van der Waals surface area contributed by atoms with Crippen LogP contribution >= 0.6 is 27.3 Å². The molecule has 0 radical (unpaired) electrons. The number of phenolic OH excluding ortho intramolecular Hbond substituents is 1. The number of esters is 1. The van der Waals surface area contributed by atoms with Gasteiger partial charge in [0, 0.05) is 48.1 Å². The van der Waals surface area contributed by atoms with E-state index in [1.807, 2.05) is 25.7 Å². The fraction of sp³-hybridized carbons (Fsp3) is 0.323. The van der Waals surface area contributed by atoms with Gasteiger partial charge in [-0.3, -0.25) is 9.59 Å². The first-order chi connectivity index (χ1) is 21.3. The van der Waals surface area contributed by atoms with E-state index >= 15 is 0 Å². The van der Waals surface area contributed by atoms with Gasteiger partial charge in [-0.1, -0.05) is 12.1 Å². The van der Waals surface area contributed by atoms with Gasteiger partial charge in [0.2, 0.25) is 0 Å². The monoisotopic (exact) mass is 699 g/mol. The lowest BCUT2D eigenvalue weighted by molar-refractivity contribution is -0.136. The SMILES string of the molecule is COC(=O)/C(=C/c1csc(N2CCN(C(=O)OC(C)(C)C)CC2)n1)NC(=O)c1ccc(C(=O)NCc2cccc(O)c2)cc1Br. The fourth-order valence-corrected chi connectivity index (χ4v) is 5.67. The molecule has 0 atom stereocenters. The number of carbonyl (C=O) groups is 4. The maximum absolute atomic E-state index is 13.2. The smallest absolute Gasteiger partial charge is 0.410 e. The minimum Gasteiger partial charge on any atom is -0.508 e. The highest BCUT2D eigenvalue weighted by Gasteiger charge is 2.27. The number of amides is 3. The van der Waals surface area contributed by atoms with Gasteiger partial charge < -0.3 is 35.0 Å². The van der Waals surface area contributed by atoms with Crippen LogP contribution in [0.15, 0.2) is 58.0 Å². The second-order valence-electron chi connectivity index (χ2n) is 11.1. The number of benzene rings is 2. The number of halogens is 1. The zero-order chi connectivity index (χ0) is 32.7. The molecule has 14 heteroatoms. The fourth-order valence-electron chi connectivity index (χ4n) is 4.28. The van der Waals surface area contributed by atoms with Gasteiger partial charge in [-0.25, -0.2) is 14.6 Å². The lowest BCUT2D eigenvalue weighted by Gasteiger charge is -2.35. The van der Waals surface area contributed by atoms with E-state index in [4.69, 9.17) is 9.47 Å². The number of thiazole rings is 1. The van der Waals surface area contributed by atoms with Crippen LogP contribution in [0.4, 0.5) is 9.93 Å². The lowest BCUT2D eigenvalue weighted by Crippen LogP contribution is -2.50. The van der Waals surface area contributed by atoms with Crippen molar-refractivity contribution in [1.29, 1.82) is 0 Å². The Morgan fingerprint density at radius 2 is 1.80 bits per heavy atom. The summed E-state index contributed by atoms with van der Waals surface area (Å²) in [5, 5.41) is 17.4. The number of hydrogen-bond acceptors (Lipinski definition) is 10. The van der Waals surface area contributed by atoms with E-state index in [0.29, 0.717) is 47.0 Å². The van der Waals surface area contributed by atoms with Gasteiger partial charge >= 0.3 is 12.1 Å². The van der Waals surface area contributed by atoms with Crippen LogP contribution < -0.4 is 15.5 Å². The molecule has 0 saturated carbocycles. The van der Waals surface area contributed by atoms with Crippen molar-refractivity contribution >= 4 is 62.4 Å². The molecule has 1 aliphatic rings. The number of methoxy groups -OCH3 is 1. The summed E-state index contributed by atoms with van der Waals surface area (Å²) in [5.74, 6) is -1.63. The minimum atomic E-state index is -0.761. The maximum atomic E-state index is 13.2. The van der Waals surface area contributed by atoms with E-state index in [9.17, 15) is 24.3 Å². The van der Waals surface area contributed by atoms with Crippen LogP contribution in [0.25, 0.3) is 6.08 Å². The van der Waals surface area contributed by atoms with E-state index in [1.54, 1.807) is 34.5 Å². The molecule has 0 unspecified atom stereocenters. The summed E-state index contributed by atoms with van der Waals surface area (Å²) in [6.45, 7) is 7.79. The van der Waals surface area contributed by atoms with Crippen molar-refractivity contribution in [3.8, 4) is 5.75 Å². The van der Waals surface area contributed by atoms with E-state index in [1.165, 1.54) is 42.7 Å². The summed E-state index contributed by atoms with van der Waals surface area (Å²) in [5.41, 5.74) is 0.995. The van der Waals surface area contributed by atoms with Crippen molar-refractivity contribution in [2.45, 2.75) is 32.9 Å². The summed E-state index contributed by atoms with van der Waals surface area (Å²) >= 11 is 4.72. The van der Waals surface area contributed by atoms with Gasteiger partial charge in [-0.05, 0) is 78.7 Å². The number of rotatable bonds is 8. The number of nitrogens with one attached hydrogen (secondary N) is 2.